The van der Waals surface area contributed by atoms with Gasteiger partial charge in [0, 0.05) is 16.1 Å². The predicted octanol–water partition coefficient (Wildman–Crippen LogP) is 3.92. The number of anilines is 1. The number of esters is 1. The van der Waals surface area contributed by atoms with Crippen LogP contribution in [0.4, 0.5) is 5.69 Å². The third-order valence-corrected chi connectivity index (χ3v) is 6.79. The Morgan fingerprint density at radius 3 is 2.41 bits per heavy atom. The SMILES string of the molecule is COC(=O)c1ccc(NS(=O)(=O)c2cc(-c3onc(C)c3C)sc2C)cc1. The molecule has 0 aliphatic rings. The molecule has 0 saturated heterocycles. The summed E-state index contributed by atoms with van der Waals surface area (Å²) in [6.07, 6.45) is 0. The average Bonchev–Trinajstić information content (AvgIpc) is 3.18. The van der Waals surface area contributed by atoms with Crippen LogP contribution >= 0.6 is 11.3 Å². The summed E-state index contributed by atoms with van der Waals surface area (Å²) in [6.45, 7) is 5.45. The molecule has 0 aliphatic heterocycles. The van der Waals surface area contributed by atoms with Gasteiger partial charge < -0.3 is 9.26 Å². The van der Waals surface area contributed by atoms with Crippen LogP contribution in [0, 0.1) is 20.8 Å². The van der Waals surface area contributed by atoms with E-state index in [9.17, 15) is 13.2 Å². The van der Waals surface area contributed by atoms with Crippen molar-refractivity contribution in [2.45, 2.75) is 25.7 Å². The number of hydrogen-bond donors (Lipinski definition) is 1. The summed E-state index contributed by atoms with van der Waals surface area (Å²) in [5.74, 6) is 0.0879. The zero-order valence-corrected chi connectivity index (χ0v) is 16.8. The molecule has 9 heteroatoms. The average molecular weight is 406 g/mol. The van der Waals surface area contributed by atoms with Crippen molar-refractivity contribution in [1.82, 2.24) is 5.16 Å². The van der Waals surface area contributed by atoms with Gasteiger partial charge in [0.1, 0.15) is 4.90 Å². The topological polar surface area (TPSA) is 98.5 Å². The van der Waals surface area contributed by atoms with Crippen LogP contribution in [0.3, 0.4) is 0 Å². The molecule has 0 aliphatic carbocycles. The van der Waals surface area contributed by atoms with Crippen molar-refractivity contribution in [3.63, 3.8) is 0 Å². The maximum absolute atomic E-state index is 12.8. The minimum Gasteiger partial charge on any atom is -0.465 e. The van der Waals surface area contributed by atoms with E-state index in [2.05, 4.69) is 14.6 Å². The first kappa shape index (κ1) is 19.1. The van der Waals surface area contributed by atoms with Gasteiger partial charge in [-0.05, 0) is 51.1 Å². The Balaban J connectivity index is 1.89. The number of aryl methyl sites for hydroxylation is 2. The second kappa shape index (κ2) is 7.16. The highest BCUT2D eigenvalue weighted by atomic mass is 32.2. The number of methoxy groups -OCH3 is 1. The van der Waals surface area contributed by atoms with E-state index < -0.39 is 16.0 Å². The van der Waals surface area contributed by atoms with Crippen LogP contribution in [0.1, 0.15) is 26.5 Å². The van der Waals surface area contributed by atoms with Crippen molar-refractivity contribution in [2.75, 3.05) is 11.8 Å². The van der Waals surface area contributed by atoms with Gasteiger partial charge in [-0.25, -0.2) is 13.2 Å². The molecule has 2 heterocycles. The van der Waals surface area contributed by atoms with Gasteiger partial charge in [-0.15, -0.1) is 11.3 Å². The lowest BCUT2D eigenvalue weighted by Crippen LogP contribution is -2.13. The number of carbonyl (C=O) groups excluding carboxylic acids is 1. The lowest BCUT2D eigenvalue weighted by Gasteiger charge is -2.08. The first-order valence-electron chi connectivity index (χ1n) is 7.98. The molecule has 0 unspecified atom stereocenters. The summed E-state index contributed by atoms with van der Waals surface area (Å²) in [6, 6.07) is 7.59. The van der Waals surface area contributed by atoms with Gasteiger partial charge in [0.25, 0.3) is 10.0 Å². The molecular weight excluding hydrogens is 388 g/mol. The van der Waals surface area contributed by atoms with Gasteiger partial charge in [0.15, 0.2) is 5.76 Å². The Morgan fingerprint density at radius 1 is 1.19 bits per heavy atom. The van der Waals surface area contributed by atoms with Gasteiger partial charge in [-0.1, -0.05) is 5.16 Å². The lowest BCUT2D eigenvalue weighted by atomic mass is 10.2. The summed E-state index contributed by atoms with van der Waals surface area (Å²) in [4.78, 5) is 13.0. The van der Waals surface area contributed by atoms with E-state index in [4.69, 9.17) is 4.52 Å². The molecule has 0 fully saturated rings. The van der Waals surface area contributed by atoms with E-state index in [1.807, 2.05) is 13.8 Å². The summed E-state index contributed by atoms with van der Waals surface area (Å²) < 4.78 is 38.1. The van der Waals surface area contributed by atoms with Crippen LogP contribution < -0.4 is 4.72 Å². The standard InChI is InChI=1S/C18H18N2O5S2/c1-10-11(2)19-25-17(10)15-9-16(12(3)26-15)27(22,23)20-14-7-5-13(6-8-14)18(21)24-4/h5-9,20H,1-4H3. The summed E-state index contributed by atoms with van der Waals surface area (Å²) in [5, 5.41) is 3.92. The minimum absolute atomic E-state index is 0.174. The molecule has 1 N–H and O–H groups in total. The van der Waals surface area contributed by atoms with Crippen molar-refractivity contribution in [1.29, 1.82) is 0 Å². The van der Waals surface area contributed by atoms with Crippen LogP contribution in [0.25, 0.3) is 10.6 Å². The molecule has 0 bridgehead atoms. The summed E-state index contributed by atoms with van der Waals surface area (Å²) >= 11 is 1.33. The monoisotopic (exact) mass is 406 g/mol. The summed E-state index contributed by atoms with van der Waals surface area (Å²) in [7, 11) is -2.51. The van der Waals surface area contributed by atoms with E-state index in [-0.39, 0.29) is 4.90 Å². The molecule has 2 aromatic heterocycles. The number of nitrogens with one attached hydrogen (secondary N) is 1. The molecule has 3 rings (SSSR count). The minimum atomic E-state index is -3.79. The van der Waals surface area contributed by atoms with Crippen molar-refractivity contribution in [3.8, 4) is 10.6 Å². The van der Waals surface area contributed by atoms with Crippen LogP contribution in [-0.4, -0.2) is 26.7 Å². The van der Waals surface area contributed by atoms with Crippen molar-refractivity contribution in [2.24, 2.45) is 0 Å². The van der Waals surface area contributed by atoms with Crippen molar-refractivity contribution >= 4 is 33.0 Å². The number of hydrogen-bond acceptors (Lipinski definition) is 7. The first-order chi connectivity index (χ1) is 12.7. The fraction of sp³-hybridized carbons (Fsp3) is 0.222. The number of benzene rings is 1. The van der Waals surface area contributed by atoms with Gasteiger partial charge in [-0.2, -0.15) is 0 Å². The lowest BCUT2D eigenvalue weighted by molar-refractivity contribution is 0.0601. The van der Waals surface area contributed by atoms with Crippen LogP contribution in [0.5, 0.6) is 0 Å². The molecular formula is C18H18N2O5S2. The third kappa shape index (κ3) is 3.74. The fourth-order valence-corrected chi connectivity index (χ4v) is 5.18. The number of rotatable bonds is 5. The smallest absolute Gasteiger partial charge is 0.337 e. The normalized spacial score (nSPS) is 11.4. The molecule has 0 saturated carbocycles. The zero-order valence-electron chi connectivity index (χ0n) is 15.2. The number of nitrogens with zero attached hydrogens (tertiary/aromatic N) is 1. The number of sulfonamides is 1. The first-order valence-corrected chi connectivity index (χ1v) is 10.3. The highest BCUT2D eigenvalue weighted by Crippen LogP contribution is 2.36. The fourth-order valence-electron chi connectivity index (χ4n) is 2.49. The van der Waals surface area contributed by atoms with Gasteiger partial charge in [0.05, 0.1) is 23.2 Å². The second-order valence-electron chi connectivity index (χ2n) is 5.93. The van der Waals surface area contributed by atoms with Crippen molar-refractivity contribution in [3.05, 3.63) is 52.0 Å². The molecule has 0 radical (unpaired) electrons. The maximum Gasteiger partial charge on any atom is 0.337 e. The highest BCUT2D eigenvalue weighted by Gasteiger charge is 2.23. The van der Waals surface area contributed by atoms with Crippen LogP contribution in [-0.2, 0) is 14.8 Å². The Bertz CT molecular complexity index is 1100. The maximum atomic E-state index is 12.8. The molecule has 0 amide bonds. The Morgan fingerprint density at radius 2 is 1.85 bits per heavy atom. The quantitative estimate of drug-likeness (QED) is 0.645. The number of carbonyl (C=O) groups is 1. The number of ether oxygens (including phenoxy) is 1. The Hall–Kier alpha value is -2.65. The van der Waals surface area contributed by atoms with E-state index in [0.29, 0.717) is 26.8 Å². The number of thiophene rings is 1. The van der Waals surface area contributed by atoms with Gasteiger partial charge in [0.2, 0.25) is 0 Å². The molecule has 27 heavy (non-hydrogen) atoms. The number of aromatic nitrogens is 1. The van der Waals surface area contributed by atoms with E-state index in [1.54, 1.807) is 13.0 Å². The Labute approximate surface area is 161 Å². The largest absolute Gasteiger partial charge is 0.465 e. The zero-order chi connectivity index (χ0) is 19.8. The highest BCUT2D eigenvalue weighted by molar-refractivity contribution is 7.93. The molecule has 0 atom stereocenters. The van der Waals surface area contributed by atoms with E-state index in [0.717, 1.165) is 11.3 Å². The molecule has 142 valence electrons. The molecule has 0 spiro atoms. The predicted molar refractivity (Wildman–Crippen MR) is 103 cm³/mol. The second-order valence-corrected chi connectivity index (χ2v) is 8.83. The third-order valence-electron chi connectivity index (χ3n) is 4.10. The molecule has 7 nitrogen and oxygen atoms in total. The van der Waals surface area contributed by atoms with Crippen LogP contribution in [0.15, 0.2) is 39.8 Å². The van der Waals surface area contributed by atoms with Crippen molar-refractivity contribution < 1.29 is 22.5 Å². The molecule has 3 aromatic rings. The van der Waals surface area contributed by atoms with Crippen LogP contribution in [0.2, 0.25) is 0 Å². The van der Waals surface area contributed by atoms with E-state index in [1.165, 1.54) is 42.7 Å². The van der Waals surface area contributed by atoms with Gasteiger partial charge in [-0.3, -0.25) is 4.72 Å². The summed E-state index contributed by atoms with van der Waals surface area (Å²) in [5.41, 5.74) is 2.34. The molecule has 1 aromatic carbocycles. The van der Waals surface area contributed by atoms with E-state index >= 15 is 0 Å². The Kier molecular flexibility index (Phi) is 5.07. The van der Waals surface area contributed by atoms with Gasteiger partial charge >= 0.3 is 5.97 Å².